The van der Waals surface area contributed by atoms with Crippen molar-refractivity contribution < 1.29 is 48.3 Å². The molecule has 19 heteroatoms. The molecule has 59 heavy (non-hydrogen) atoms. The van der Waals surface area contributed by atoms with Gasteiger partial charge in [0.05, 0.1) is 18.9 Å². The molecule has 0 bridgehead atoms. The summed E-state index contributed by atoms with van der Waals surface area (Å²) in [6.45, 7) is 10.9. The zero-order valence-corrected chi connectivity index (χ0v) is 36.0. The lowest BCUT2D eigenvalue weighted by Crippen LogP contribution is -2.61. The molecule has 0 saturated carbocycles. The second-order valence-electron chi connectivity index (χ2n) is 15.9. The van der Waals surface area contributed by atoms with Crippen LogP contribution in [0.3, 0.4) is 0 Å². The minimum atomic E-state index is -1.80. The standard InChI is InChI=1S/C40H62N8O10S/c1-9-23(6)33(42)37(55)46-28(18-31(41)49)39(57)48(8)30-20-59-40(58)29(16-22(4)5)47(7)38(56)27(15-21(2)3)45-34(52)25(17-24-13-11-10-12-14-24)43-35(53)26(19-32(50)51)44-36(30)54/h10-14,21-23,25-30,33H,9,15-20,42H2,1-8H3,(H2,41,49)(H,43,53)(H,44,54)(H,45,52)(H,46,55)(H,50,51)/t23-,25-,26-,27-,28-,29-,30-,33+/m1/s1. The molecule has 1 aromatic carbocycles. The number of nitrogens with one attached hydrogen (secondary N) is 4. The highest BCUT2D eigenvalue weighted by molar-refractivity contribution is 8.13. The van der Waals surface area contributed by atoms with Gasteiger partial charge in [-0.1, -0.05) is 90.1 Å². The number of likely N-dealkylation sites (N-methyl/N-ethyl adjacent to an activating group) is 2. The maximum Gasteiger partial charge on any atom is 0.305 e. The van der Waals surface area contributed by atoms with Crippen LogP contribution < -0.4 is 32.7 Å². The number of carbonyl (C=O) groups is 9. The minimum Gasteiger partial charge on any atom is -0.481 e. The lowest BCUT2D eigenvalue weighted by molar-refractivity contribution is -0.144. The van der Waals surface area contributed by atoms with Gasteiger partial charge in [0.25, 0.3) is 0 Å². The van der Waals surface area contributed by atoms with Gasteiger partial charge in [-0.2, -0.15) is 0 Å². The van der Waals surface area contributed by atoms with E-state index < -0.39 is 113 Å². The number of carboxylic acids is 1. The Hall–Kier alpha value is -5.04. The first-order valence-electron chi connectivity index (χ1n) is 19.8. The van der Waals surface area contributed by atoms with Crippen LogP contribution in [0.1, 0.15) is 79.2 Å². The lowest BCUT2D eigenvalue weighted by Gasteiger charge is -2.34. The van der Waals surface area contributed by atoms with E-state index in [1.165, 1.54) is 19.0 Å². The number of nitrogens with zero attached hydrogens (tertiary/aromatic N) is 2. The SMILES string of the molecule is CC[C@@H](C)[C@H](N)C(=O)N[C@H](CC(N)=O)C(=O)N(C)[C@@H]1CSC(=O)[C@@H](CC(C)C)N(C)C(=O)[C@@H](CC(C)C)NC(=O)[C@@H](Cc2ccccc2)NC(=O)[C@@H](CC(=O)O)NC1=O. The Labute approximate surface area is 350 Å². The van der Waals surface area contributed by atoms with Gasteiger partial charge in [0.15, 0.2) is 0 Å². The van der Waals surface area contributed by atoms with Gasteiger partial charge in [-0.05, 0) is 36.2 Å². The fourth-order valence-electron chi connectivity index (χ4n) is 6.41. The molecule has 0 aromatic heterocycles. The lowest BCUT2D eigenvalue weighted by atomic mass is 9.98. The smallest absolute Gasteiger partial charge is 0.305 e. The third kappa shape index (κ3) is 15.6. The maximum absolute atomic E-state index is 14.2. The third-order valence-corrected chi connectivity index (χ3v) is 11.2. The van der Waals surface area contributed by atoms with Gasteiger partial charge in [0.1, 0.15) is 36.3 Å². The molecule has 1 heterocycles. The summed E-state index contributed by atoms with van der Waals surface area (Å²) in [5.41, 5.74) is 12.1. The van der Waals surface area contributed by atoms with Gasteiger partial charge in [0.2, 0.25) is 46.5 Å². The van der Waals surface area contributed by atoms with Crippen molar-refractivity contribution >= 4 is 64.2 Å². The molecular weight excluding hydrogens is 785 g/mol. The van der Waals surface area contributed by atoms with E-state index in [0.29, 0.717) is 23.7 Å². The molecule has 2 rings (SSSR count). The van der Waals surface area contributed by atoms with E-state index in [1.54, 1.807) is 37.3 Å². The van der Waals surface area contributed by atoms with E-state index in [-0.39, 0.29) is 37.0 Å². The number of benzene rings is 1. The monoisotopic (exact) mass is 846 g/mol. The molecule has 0 aliphatic carbocycles. The average Bonchev–Trinajstić information content (AvgIpc) is 3.16. The summed E-state index contributed by atoms with van der Waals surface area (Å²) in [4.78, 5) is 124. The van der Waals surface area contributed by atoms with Gasteiger partial charge >= 0.3 is 5.97 Å². The third-order valence-electron chi connectivity index (χ3n) is 10.1. The predicted molar refractivity (Wildman–Crippen MR) is 221 cm³/mol. The minimum absolute atomic E-state index is 0.0802. The number of primary amides is 1. The van der Waals surface area contributed by atoms with Crippen molar-refractivity contribution in [3.63, 3.8) is 0 Å². The van der Waals surface area contributed by atoms with Crippen LogP contribution in [-0.4, -0.2) is 129 Å². The number of thioether (sulfide) groups is 1. The molecule has 0 unspecified atom stereocenters. The van der Waals surface area contributed by atoms with Gasteiger partial charge < -0.3 is 47.6 Å². The number of hydrogen-bond donors (Lipinski definition) is 7. The van der Waals surface area contributed by atoms with Crippen LogP contribution in [0, 0.1) is 17.8 Å². The fourth-order valence-corrected chi connectivity index (χ4v) is 7.55. The Morgan fingerprint density at radius 2 is 1.46 bits per heavy atom. The molecule has 7 amide bonds. The number of aliphatic carboxylic acids is 1. The van der Waals surface area contributed by atoms with Crippen LogP contribution in [0.15, 0.2) is 30.3 Å². The highest BCUT2D eigenvalue weighted by atomic mass is 32.2. The highest BCUT2D eigenvalue weighted by Gasteiger charge is 2.40. The molecule has 1 fully saturated rings. The summed E-state index contributed by atoms with van der Waals surface area (Å²) in [5, 5.41) is 19.4. The first-order valence-corrected chi connectivity index (χ1v) is 20.8. The molecule has 1 aliphatic rings. The molecule has 9 N–H and O–H groups in total. The Morgan fingerprint density at radius 3 is 2.00 bits per heavy atom. The second kappa shape index (κ2) is 23.5. The Morgan fingerprint density at radius 1 is 0.898 bits per heavy atom. The molecule has 328 valence electrons. The summed E-state index contributed by atoms with van der Waals surface area (Å²) in [6, 6.07) is -1.00. The number of nitrogens with two attached hydrogens (primary N) is 2. The molecular formula is C40H62N8O10S. The van der Waals surface area contributed by atoms with Crippen LogP contribution in [0.5, 0.6) is 0 Å². The van der Waals surface area contributed by atoms with Crippen molar-refractivity contribution in [1.29, 1.82) is 0 Å². The summed E-state index contributed by atoms with van der Waals surface area (Å²) < 4.78 is 0. The Kier molecular flexibility index (Phi) is 20.0. The van der Waals surface area contributed by atoms with E-state index >= 15 is 0 Å². The van der Waals surface area contributed by atoms with Crippen molar-refractivity contribution in [2.45, 2.75) is 122 Å². The zero-order chi connectivity index (χ0) is 44.7. The number of rotatable bonds is 16. The largest absolute Gasteiger partial charge is 0.481 e. The van der Waals surface area contributed by atoms with E-state index in [1.807, 2.05) is 34.6 Å². The maximum atomic E-state index is 14.2. The van der Waals surface area contributed by atoms with Crippen molar-refractivity contribution in [1.82, 2.24) is 31.1 Å². The first kappa shape index (κ1) is 50.1. The van der Waals surface area contributed by atoms with Gasteiger partial charge in [-0.25, -0.2) is 0 Å². The summed E-state index contributed by atoms with van der Waals surface area (Å²) in [6.07, 6.45) is -0.817. The summed E-state index contributed by atoms with van der Waals surface area (Å²) in [5.74, 6) is -8.62. The van der Waals surface area contributed by atoms with Crippen LogP contribution in [0.25, 0.3) is 0 Å². The second-order valence-corrected chi connectivity index (χ2v) is 17.0. The molecule has 0 radical (unpaired) electrons. The molecule has 18 nitrogen and oxygen atoms in total. The topological polar surface area (TPSA) is 280 Å². The normalized spacial score (nSPS) is 22.8. The fraction of sp³-hybridized carbons (Fsp3) is 0.625. The Balaban J connectivity index is 2.76. The quantitative estimate of drug-likeness (QED) is 0.115. The van der Waals surface area contributed by atoms with Gasteiger partial charge in [-0.3, -0.25) is 43.2 Å². The zero-order valence-electron chi connectivity index (χ0n) is 35.2. The summed E-state index contributed by atoms with van der Waals surface area (Å²) in [7, 11) is 2.62. The van der Waals surface area contributed by atoms with E-state index in [0.717, 1.165) is 4.90 Å². The van der Waals surface area contributed by atoms with E-state index in [2.05, 4.69) is 21.3 Å². The van der Waals surface area contributed by atoms with Crippen LogP contribution in [-0.2, 0) is 49.6 Å². The number of amides is 7. The molecule has 1 aromatic rings. The Bertz CT molecular complexity index is 1680. The number of carboxylic acid groups (broad SMARTS) is 1. The van der Waals surface area contributed by atoms with Gasteiger partial charge in [-0.15, -0.1) is 0 Å². The van der Waals surface area contributed by atoms with Gasteiger partial charge in [0, 0.05) is 26.3 Å². The number of hydrogen-bond acceptors (Lipinski definition) is 11. The molecule has 1 saturated heterocycles. The van der Waals surface area contributed by atoms with E-state index in [4.69, 9.17) is 11.5 Å². The van der Waals surface area contributed by atoms with Crippen molar-refractivity contribution in [2.75, 3.05) is 19.8 Å². The molecule has 8 atom stereocenters. The number of carbonyl (C=O) groups excluding carboxylic acids is 8. The van der Waals surface area contributed by atoms with Crippen LogP contribution >= 0.6 is 11.8 Å². The van der Waals surface area contributed by atoms with Crippen LogP contribution in [0.2, 0.25) is 0 Å². The van der Waals surface area contributed by atoms with Crippen molar-refractivity contribution in [3.05, 3.63) is 35.9 Å². The van der Waals surface area contributed by atoms with E-state index in [9.17, 15) is 48.3 Å². The molecule has 0 spiro atoms. The first-order chi connectivity index (χ1) is 27.6. The van der Waals surface area contributed by atoms with Crippen molar-refractivity contribution in [2.24, 2.45) is 29.2 Å². The van der Waals surface area contributed by atoms with Crippen molar-refractivity contribution in [3.8, 4) is 0 Å². The van der Waals surface area contributed by atoms with Crippen LogP contribution in [0.4, 0.5) is 0 Å². The highest BCUT2D eigenvalue weighted by Crippen LogP contribution is 2.23. The predicted octanol–water partition coefficient (Wildman–Crippen LogP) is -0.0886. The molecule has 1 aliphatic heterocycles. The summed E-state index contributed by atoms with van der Waals surface area (Å²) >= 11 is 0.620. The average molecular weight is 847 g/mol.